The fraction of sp³-hybridized carbons (Fsp3) is 0.458. The monoisotopic (exact) mass is 396 g/mol. The smallest absolute Gasteiger partial charge is 0.340 e. The lowest BCUT2D eigenvalue weighted by Crippen LogP contribution is -2.40. The third-order valence-electron chi connectivity index (χ3n) is 6.21. The van der Waals surface area contributed by atoms with E-state index in [4.69, 9.17) is 9.16 Å². The van der Waals surface area contributed by atoms with Crippen LogP contribution in [0.15, 0.2) is 65.5 Å². The molecule has 1 atom stereocenters. The van der Waals surface area contributed by atoms with Gasteiger partial charge in [0.05, 0.1) is 0 Å². The average Bonchev–Trinajstić information content (AvgIpc) is 3.29. The largest absolute Gasteiger partial charge is 0.422 e. The van der Waals surface area contributed by atoms with Gasteiger partial charge in [0.15, 0.2) is 8.32 Å². The zero-order valence-electron chi connectivity index (χ0n) is 17.4. The van der Waals surface area contributed by atoms with Crippen LogP contribution < -0.4 is 0 Å². The molecule has 150 valence electrons. The molecule has 0 spiro atoms. The van der Waals surface area contributed by atoms with Crippen LogP contribution in [0.1, 0.15) is 45.6 Å². The first kappa shape index (κ1) is 20.8. The Kier molecular flexibility index (Phi) is 7.08. The first-order chi connectivity index (χ1) is 13.6. The van der Waals surface area contributed by atoms with E-state index >= 15 is 0 Å². The number of esters is 1. The number of carbonyl (C=O) groups excluding carboxylic acids is 1. The van der Waals surface area contributed by atoms with Crippen molar-refractivity contribution in [3.05, 3.63) is 71.0 Å². The van der Waals surface area contributed by atoms with Crippen molar-refractivity contribution in [1.29, 1.82) is 0 Å². The van der Waals surface area contributed by atoms with E-state index in [9.17, 15) is 4.79 Å². The average molecular weight is 397 g/mol. The summed E-state index contributed by atoms with van der Waals surface area (Å²) in [6.07, 6.45) is 9.58. The summed E-state index contributed by atoms with van der Waals surface area (Å²) in [6, 6.07) is 14.0. The zero-order chi connectivity index (χ0) is 20.0. The lowest BCUT2D eigenvalue weighted by Gasteiger charge is -2.33. The summed E-state index contributed by atoms with van der Waals surface area (Å²) in [4.78, 5) is 12.2. The second-order valence-electron chi connectivity index (χ2n) is 7.72. The van der Waals surface area contributed by atoms with Crippen molar-refractivity contribution in [2.45, 2.75) is 70.7 Å². The van der Waals surface area contributed by atoms with Crippen LogP contribution in [0.25, 0.3) is 0 Å². The Morgan fingerprint density at radius 3 is 2.36 bits per heavy atom. The number of benzene rings is 1. The van der Waals surface area contributed by atoms with Crippen molar-refractivity contribution in [2.24, 2.45) is 0 Å². The van der Waals surface area contributed by atoms with Crippen LogP contribution in [-0.4, -0.2) is 20.4 Å². The van der Waals surface area contributed by atoms with E-state index in [-0.39, 0.29) is 12.1 Å². The molecule has 28 heavy (non-hydrogen) atoms. The maximum Gasteiger partial charge on any atom is 0.340 e. The highest BCUT2D eigenvalue weighted by Gasteiger charge is 2.34. The Balaban J connectivity index is 1.70. The molecule has 3 rings (SSSR count). The number of hydrogen-bond donors (Lipinski definition) is 0. The first-order valence-electron chi connectivity index (χ1n) is 10.7. The Morgan fingerprint density at radius 1 is 1.00 bits per heavy atom. The molecule has 0 bridgehead atoms. The first-order valence-corrected chi connectivity index (χ1v) is 13.2. The van der Waals surface area contributed by atoms with Gasteiger partial charge in [-0.2, -0.15) is 0 Å². The normalized spacial score (nSPS) is 17.0. The van der Waals surface area contributed by atoms with Gasteiger partial charge in [0.1, 0.15) is 5.76 Å². The number of rotatable bonds is 11. The summed E-state index contributed by atoms with van der Waals surface area (Å²) in [7, 11) is -1.70. The Hall–Kier alpha value is -1.91. The summed E-state index contributed by atoms with van der Waals surface area (Å²) < 4.78 is 12.2. The molecular formula is C24H32O3Si. The van der Waals surface area contributed by atoms with Gasteiger partial charge < -0.3 is 9.16 Å². The van der Waals surface area contributed by atoms with Crippen LogP contribution >= 0.6 is 0 Å². The third-order valence-corrected chi connectivity index (χ3v) is 10.9. The second-order valence-corrected chi connectivity index (χ2v) is 12.4. The molecule has 0 aromatic heterocycles. The van der Waals surface area contributed by atoms with Gasteiger partial charge in [-0.05, 0) is 55.5 Å². The molecule has 1 aliphatic heterocycles. The molecule has 3 nitrogen and oxygen atoms in total. The van der Waals surface area contributed by atoms with Crippen molar-refractivity contribution in [2.75, 3.05) is 0 Å². The standard InChI is InChI=1S/C24H32O3Si/c1-4-28(5-2,6-3)27-20(16-15-19-11-8-7-9-12-19)17-18-22-21-13-10-14-23(21)26-24(22)25/h7-14,20H,4-6,15-18H2,1-3H3/t20-/m1/s1. The summed E-state index contributed by atoms with van der Waals surface area (Å²) in [5, 5.41) is 0. The fourth-order valence-corrected chi connectivity index (χ4v) is 7.09. The van der Waals surface area contributed by atoms with E-state index in [1.165, 1.54) is 5.56 Å². The highest BCUT2D eigenvalue weighted by atomic mass is 28.4. The van der Waals surface area contributed by atoms with Gasteiger partial charge >= 0.3 is 5.97 Å². The van der Waals surface area contributed by atoms with Crippen molar-refractivity contribution in [1.82, 2.24) is 0 Å². The molecule has 0 radical (unpaired) electrons. The molecule has 0 saturated heterocycles. The molecule has 0 fully saturated rings. The number of allylic oxidation sites excluding steroid dienone is 3. The lowest BCUT2D eigenvalue weighted by molar-refractivity contribution is -0.133. The van der Waals surface area contributed by atoms with Crippen molar-refractivity contribution in [3.8, 4) is 0 Å². The fourth-order valence-electron chi connectivity index (χ4n) is 4.14. The minimum absolute atomic E-state index is 0.183. The molecule has 1 aromatic rings. The van der Waals surface area contributed by atoms with Crippen molar-refractivity contribution in [3.63, 3.8) is 0 Å². The van der Waals surface area contributed by atoms with Gasteiger partial charge in [-0.3, -0.25) is 0 Å². The highest BCUT2D eigenvalue weighted by Crippen LogP contribution is 2.35. The molecule has 1 heterocycles. The molecule has 0 saturated carbocycles. The number of carbonyl (C=O) groups is 1. The van der Waals surface area contributed by atoms with E-state index in [2.05, 4.69) is 51.1 Å². The van der Waals surface area contributed by atoms with Crippen LogP contribution in [0, 0.1) is 0 Å². The predicted molar refractivity (Wildman–Crippen MR) is 116 cm³/mol. The lowest BCUT2D eigenvalue weighted by atomic mass is 9.99. The van der Waals surface area contributed by atoms with Gasteiger partial charge in [-0.25, -0.2) is 4.79 Å². The van der Waals surface area contributed by atoms with Crippen LogP contribution in [0.3, 0.4) is 0 Å². The summed E-state index contributed by atoms with van der Waals surface area (Å²) in [5.41, 5.74) is 3.13. The SMILES string of the molecule is CC[Si](CC)(CC)O[C@@H](CCC1=C2C=CC=C2OC1=O)CCc1ccccc1. The number of fused-ring (bicyclic) bond motifs is 1. The topological polar surface area (TPSA) is 35.5 Å². The zero-order valence-corrected chi connectivity index (χ0v) is 18.4. The van der Waals surface area contributed by atoms with Gasteiger partial charge in [-0.1, -0.05) is 63.3 Å². The molecule has 0 N–H and O–H groups in total. The minimum atomic E-state index is -1.70. The third kappa shape index (κ3) is 4.73. The number of aryl methyl sites for hydroxylation is 1. The molecule has 1 aromatic carbocycles. The summed E-state index contributed by atoms with van der Waals surface area (Å²) in [6.45, 7) is 6.81. The van der Waals surface area contributed by atoms with Gasteiger partial charge in [0.25, 0.3) is 0 Å². The molecule has 0 amide bonds. The van der Waals surface area contributed by atoms with Crippen molar-refractivity contribution >= 4 is 14.3 Å². The van der Waals surface area contributed by atoms with Crippen LogP contribution in [0.4, 0.5) is 0 Å². The van der Waals surface area contributed by atoms with E-state index in [1.54, 1.807) is 0 Å². The highest BCUT2D eigenvalue weighted by molar-refractivity contribution is 6.73. The Morgan fingerprint density at radius 2 is 1.68 bits per heavy atom. The maximum absolute atomic E-state index is 12.2. The second kappa shape index (κ2) is 9.53. The summed E-state index contributed by atoms with van der Waals surface area (Å²) in [5.74, 6) is 0.526. The molecule has 1 aliphatic carbocycles. The quantitative estimate of drug-likeness (QED) is 0.335. The maximum atomic E-state index is 12.2. The van der Waals surface area contributed by atoms with Gasteiger partial charge in [-0.15, -0.1) is 0 Å². The van der Waals surface area contributed by atoms with Crippen molar-refractivity contribution < 1.29 is 14.0 Å². The van der Waals surface area contributed by atoms with Gasteiger partial charge in [0, 0.05) is 17.3 Å². The van der Waals surface area contributed by atoms with E-state index in [1.807, 2.05) is 18.2 Å². The van der Waals surface area contributed by atoms with Gasteiger partial charge in [0.2, 0.25) is 0 Å². The van der Waals surface area contributed by atoms with Crippen LogP contribution in [0.2, 0.25) is 18.1 Å². The number of hydrogen-bond acceptors (Lipinski definition) is 3. The molecule has 2 aliphatic rings. The predicted octanol–water partition coefficient (Wildman–Crippen LogP) is 6.10. The van der Waals surface area contributed by atoms with E-state index < -0.39 is 8.32 Å². The van der Waals surface area contributed by atoms with Crippen LogP contribution in [-0.2, 0) is 20.4 Å². The number of ether oxygens (including phenoxy) is 1. The molecular weight excluding hydrogens is 364 g/mol. The molecule has 0 unspecified atom stereocenters. The molecule has 4 heteroatoms. The van der Waals surface area contributed by atoms with Crippen LogP contribution in [0.5, 0.6) is 0 Å². The van der Waals surface area contributed by atoms with E-state index in [0.717, 1.165) is 55.0 Å². The summed E-state index contributed by atoms with van der Waals surface area (Å²) >= 11 is 0. The minimum Gasteiger partial charge on any atom is -0.422 e. The Labute approximate surface area is 170 Å². The Bertz CT molecular complexity index is 764. The van der Waals surface area contributed by atoms with E-state index in [0.29, 0.717) is 5.76 Å².